The van der Waals surface area contributed by atoms with Gasteiger partial charge in [-0.2, -0.15) is 0 Å². The van der Waals surface area contributed by atoms with E-state index in [9.17, 15) is 9.90 Å². The van der Waals surface area contributed by atoms with Gasteiger partial charge in [-0.15, -0.1) is 0 Å². The van der Waals surface area contributed by atoms with Gasteiger partial charge < -0.3 is 9.84 Å². The zero-order chi connectivity index (χ0) is 15.4. The molecule has 0 aliphatic carbocycles. The molecule has 0 bridgehead atoms. The van der Waals surface area contributed by atoms with Crippen LogP contribution in [0.3, 0.4) is 0 Å². The van der Waals surface area contributed by atoms with Crippen LogP contribution in [0.2, 0.25) is 10.0 Å². The standard InChI is InChI=1S/C16H14Cl2O3/c1-10-11(3-2-4-14(10)18)9-15(16(19)20)21-13-7-5-12(17)6-8-13/h2-8,15H,9H2,1H3,(H,19,20)/t15-/m1/s1. The zero-order valence-electron chi connectivity index (χ0n) is 11.3. The van der Waals surface area contributed by atoms with Crippen LogP contribution in [0.4, 0.5) is 0 Å². The number of halogens is 2. The molecule has 0 saturated carbocycles. The van der Waals surface area contributed by atoms with Gasteiger partial charge in [0.05, 0.1) is 0 Å². The summed E-state index contributed by atoms with van der Waals surface area (Å²) in [7, 11) is 0. The normalized spacial score (nSPS) is 12.0. The smallest absolute Gasteiger partial charge is 0.345 e. The maximum atomic E-state index is 11.4. The van der Waals surface area contributed by atoms with Gasteiger partial charge in [0.2, 0.25) is 0 Å². The molecular weight excluding hydrogens is 311 g/mol. The molecule has 0 aromatic heterocycles. The minimum atomic E-state index is -1.02. The molecule has 2 rings (SSSR count). The molecule has 0 aliphatic rings. The Balaban J connectivity index is 2.18. The maximum absolute atomic E-state index is 11.4. The van der Waals surface area contributed by atoms with Crippen molar-refractivity contribution in [3.63, 3.8) is 0 Å². The Kier molecular flexibility index (Phi) is 5.10. The van der Waals surface area contributed by atoms with E-state index in [2.05, 4.69) is 0 Å². The molecule has 0 fully saturated rings. The van der Waals surface area contributed by atoms with Crippen LogP contribution in [0.5, 0.6) is 5.75 Å². The molecule has 0 radical (unpaired) electrons. The average Bonchev–Trinajstić information content (AvgIpc) is 2.45. The number of rotatable bonds is 5. The lowest BCUT2D eigenvalue weighted by molar-refractivity contribution is -0.145. The van der Waals surface area contributed by atoms with Crippen molar-refractivity contribution in [1.82, 2.24) is 0 Å². The highest BCUT2D eigenvalue weighted by molar-refractivity contribution is 6.31. The molecule has 2 aromatic rings. The van der Waals surface area contributed by atoms with Gasteiger partial charge in [0, 0.05) is 16.5 Å². The van der Waals surface area contributed by atoms with Crippen LogP contribution in [0.1, 0.15) is 11.1 Å². The van der Waals surface area contributed by atoms with Crippen molar-refractivity contribution in [3.05, 3.63) is 63.6 Å². The molecule has 0 spiro atoms. The first kappa shape index (κ1) is 15.7. The number of hydrogen-bond acceptors (Lipinski definition) is 2. The Morgan fingerprint density at radius 2 is 1.86 bits per heavy atom. The van der Waals surface area contributed by atoms with E-state index in [1.165, 1.54) is 0 Å². The van der Waals surface area contributed by atoms with Crippen molar-refractivity contribution in [2.75, 3.05) is 0 Å². The van der Waals surface area contributed by atoms with Crippen molar-refractivity contribution in [2.45, 2.75) is 19.4 Å². The fraction of sp³-hybridized carbons (Fsp3) is 0.188. The summed E-state index contributed by atoms with van der Waals surface area (Å²) in [5, 5.41) is 10.5. The van der Waals surface area contributed by atoms with Gasteiger partial charge in [0.1, 0.15) is 5.75 Å². The Hall–Kier alpha value is -1.71. The molecule has 0 aliphatic heterocycles. The van der Waals surface area contributed by atoms with E-state index in [0.29, 0.717) is 15.8 Å². The first-order chi connectivity index (χ1) is 9.97. The Labute approximate surface area is 133 Å². The van der Waals surface area contributed by atoms with Crippen LogP contribution in [0.25, 0.3) is 0 Å². The Morgan fingerprint density at radius 3 is 2.48 bits per heavy atom. The lowest BCUT2D eigenvalue weighted by atomic mass is 10.0. The number of aliphatic carboxylic acids is 1. The van der Waals surface area contributed by atoms with Crippen molar-refractivity contribution in [3.8, 4) is 5.75 Å². The molecule has 0 heterocycles. The number of carboxylic acid groups (broad SMARTS) is 1. The fourth-order valence-corrected chi connectivity index (χ4v) is 2.25. The lowest BCUT2D eigenvalue weighted by Gasteiger charge is -2.17. The lowest BCUT2D eigenvalue weighted by Crippen LogP contribution is -2.29. The third-order valence-corrected chi connectivity index (χ3v) is 3.81. The van der Waals surface area contributed by atoms with Crippen molar-refractivity contribution < 1.29 is 14.6 Å². The second kappa shape index (κ2) is 6.83. The highest BCUT2D eigenvalue weighted by Gasteiger charge is 2.21. The minimum absolute atomic E-state index is 0.240. The van der Waals surface area contributed by atoms with Crippen LogP contribution in [0, 0.1) is 6.92 Å². The van der Waals surface area contributed by atoms with E-state index < -0.39 is 12.1 Å². The van der Waals surface area contributed by atoms with E-state index in [0.717, 1.165) is 11.1 Å². The van der Waals surface area contributed by atoms with Gasteiger partial charge in [-0.05, 0) is 48.4 Å². The highest BCUT2D eigenvalue weighted by atomic mass is 35.5. The maximum Gasteiger partial charge on any atom is 0.345 e. The summed E-state index contributed by atoms with van der Waals surface area (Å²) < 4.78 is 5.53. The minimum Gasteiger partial charge on any atom is -0.478 e. The molecule has 2 aromatic carbocycles. The summed E-state index contributed by atoms with van der Waals surface area (Å²) in [6, 6.07) is 12.0. The zero-order valence-corrected chi connectivity index (χ0v) is 12.9. The molecule has 110 valence electrons. The van der Waals surface area contributed by atoms with E-state index in [-0.39, 0.29) is 6.42 Å². The summed E-state index contributed by atoms with van der Waals surface area (Å²) >= 11 is 11.8. The first-order valence-corrected chi connectivity index (χ1v) is 7.12. The Morgan fingerprint density at radius 1 is 1.19 bits per heavy atom. The van der Waals surface area contributed by atoms with Crippen LogP contribution in [-0.4, -0.2) is 17.2 Å². The van der Waals surface area contributed by atoms with Gasteiger partial charge >= 0.3 is 5.97 Å². The van der Waals surface area contributed by atoms with E-state index in [4.69, 9.17) is 27.9 Å². The van der Waals surface area contributed by atoms with Crippen LogP contribution < -0.4 is 4.74 Å². The summed E-state index contributed by atoms with van der Waals surface area (Å²) in [5.74, 6) is -0.559. The molecule has 0 amide bonds. The molecule has 5 heteroatoms. The summed E-state index contributed by atoms with van der Waals surface area (Å²) in [5.41, 5.74) is 1.72. The van der Waals surface area contributed by atoms with Crippen LogP contribution in [-0.2, 0) is 11.2 Å². The predicted octanol–water partition coefficient (Wildman–Crippen LogP) is 4.38. The largest absolute Gasteiger partial charge is 0.478 e. The summed E-state index contributed by atoms with van der Waals surface area (Å²) in [4.78, 5) is 11.4. The fourth-order valence-electron chi connectivity index (χ4n) is 1.93. The average molecular weight is 325 g/mol. The van der Waals surface area contributed by atoms with Gasteiger partial charge in [-0.3, -0.25) is 0 Å². The molecular formula is C16H14Cl2O3. The molecule has 1 N–H and O–H groups in total. The molecule has 0 saturated heterocycles. The van der Waals surface area contributed by atoms with E-state index in [1.807, 2.05) is 13.0 Å². The number of ether oxygens (including phenoxy) is 1. The molecule has 21 heavy (non-hydrogen) atoms. The molecule has 1 atom stereocenters. The van der Waals surface area contributed by atoms with Crippen LogP contribution in [0.15, 0.2) is 42.5 Å². The molecule has 3 nitrogen and oxygen atoms in total. The van der Waals surface area contributed by atoms with Gasteiger partial charge in [-0.1, -0.05) is 35.3 Å². The number of hydrogen-bond donors (Lipinski definition) is 1. The number of benzene rings is 2. The number of carboxylic acids is 1. The summed E-state index contributed by atoms with van der Waals surface area (Å²) in [6.07, 6.45) is -0.743. The van der Waals surface area contributed by atoms with Crippen molar-refractivity contribution in [1.29, 1.82) is 0 Å². The summed E-state index contributed by atoms with van der Waals surface area (Å²) in [6.45, 7) is 1.86. The van der Waals surface area contributed by atoms with E-state index in [1.54, 1.807) is 36.4 Å². The predicted molar refractivity (Wildman–Crippen MR) is 83.4 cm³/mol. The first-order valence-electron chi connectivity index (χ1n) is 6.36. The third kappa shape index (κ3) is 4.13. The topological polar surface area (TPSA) is 46.5 Å². The highest BCUT2D eigenvalue weighted by Crippen LogP contribution is 2.22. The second-order valence-electron chi connectivity index (χ2n) is 4.63. The molecule has 0 unspecified atom stereocenters. The SMILES string of the molecule is Cc1c(Cl)cccc1C[C@@H](Oc1ccc(Cl)cc1)C(=O)O. The van der Waals surface area contributed by atoms with E-state index >= 15 is 0 Å². The number of carbonyl (C=O) groups is 1. The van der Waals surface area contributed by atoms with Gasteiger partial charge in [0.15, 0.2) is 6.10 Å². The third-order valence-electron chi connectivity index (χ3n) is 3.15. The van der Waals surface area contributed by atoms with Crippen molar-refractivity contribution >= 4 is 29.2 Å². The van der Waals surface area contributed by atoms with Gasteiger partial charge in [-0.25, -0.2) is 4.79 Å². The van der Waals surface area contributed by atoms with Crippen molar-refractivity contribution in [2.24, 2.45) is 0 Å². The van der Waals surface area contributed by atoms with Crippen LogP contribution >= 0.6 is 23.2 Å². The Bertz CT molecular complexity index is 638. The monoisotopic (exact) mass is 324 g/mol. The van der Waals surface area contributed by atoms with Gasteiger partial charge in [0.25, 0.3) is 0 Å². The quantitative estimate of drug-likeness (QED) is 0.887. The second-order valence-corrected chi connectivity index (χ2v) is 5.47.